The van der Waals surface area contributed by atoms with Crippen molar-refractivity contribution in [3.05, 3.63) is 29.7 Å². The number of aryl methyl sites for hydroxylation is 2. The standard InChI is InChI=1S/C14H18N8/c1-3-4-11-7-13(22-14(17-11)15-9-16-22)20-5-6-21-10(2)18-19-12(21)8-20/h7,9H,3-6,8H2,1-2H3. The van der Waals surface area contributed by atoms with Gasteiger partial charge in [0, 0.05) is 24.8 Å². The largest absolute Gasteiger partial charge is 0.347 e. The third-order valence-corrected chi connectivity index (χ3v) is 4.05. The Labute approximate surface area is 127 Å². The van der Waals surface area contributed by atoms with Gasteiger partial charge in [0.2, 0.25) is 0 Å². The van der Waals surface area contributed by atoms with Crippen molar-refractivity contribution in [1.82, 2.24) is 34.3 Å². The highest BCUT2D eigenvalue weighted by atomic mass is 15.4. The van der Waals surface area contributed by atoms with Gasteiger partial charge in [-0.25, -0.2) is 4.98 Å². The molecule has 0 bridgehead atoms. The van der Waals surface area contributed by atoms with E-state index in [0.717, 1.165) is 55.6 Å². The minimum absolute atomic E-state index is 0.657. The van der Waals surface area contributed by atoms with Crippen LogP contribution < -0.4 is 4.90 Å². The molecule has 4 rings (SSSR count). The normalized spacial score (nSPS) is 14.5. The van der Waals surface area contributed by atoms with Crippen LogP contribution in [0.25, 0.3) is 5.78 Å². The minimum Gasteiger partial charge on any atom is -0.347 e. The van der Waals surface area contributed by atoms with Gasteiger partial charge in [-0.2, -0.15) is 14.6 Å². The van der Waals surface area contributed by atoms with E-state index in [9.17, 15) is 0 Å². The average Bonchev–Trinajstić information content (AvgIpc) is 3.13. The van der Waals surface area contributed by atoms with Crippen molar-refractivity contribution in [2.24, 2.45) is 0 Å². The summed E-state index contributed by atoms with van der Waals surface area (Å²) in [5, 5.41) is 12.7. The van der Waals surface area contributed by atoms with Crippen LogP contribution in [0, 0.1) is 6.92 Å². The van der Waals surface area contributed by atoms with Crippen molar-refractivity contribution < 1.29 is 0 Å². The first-order chi connectivity index (χ1) is 10.8. The van der Waals surface area contributed by atoms with E-state index in [1.54, 1.807) is 10.8 Å². The highest BCUT2D eigenvalue weighted by molar-refractivity contribution is 5.48. The van der Waals surface area contributed by atoms with Crippen LogP contribution in [-0.2, 0) is 19.5 Å². The maximum Gasteiger partial charge on any atom is 0.254 e. The van der Waals surface area contributed by atoms with E-state index in [1.807, 2.05) is 6.92 Å². The molecule has 1 aliphatic heterocycles. The molecule has 0 aromatic carbocycles. The van der Waals surface area contributed by atoms with E-state index in [1.165, 1.54) is 0 Å². The predicted octanol–water partition coefficient (Wildman–Crippen LogP) is 0.997. The molecular formula is C14H18N8. The smallest absolute Gasteiger partial charge is 0.254 e. The molecule has 114 valence electrons. The zero-order valence-electron chi connectivity index (χ0n) is 12.8. The van der Waals surface area contributed by atoms with Crippen LogP contribution in [0.3, 0.4) is 0 Å². The summed E-state index contributed by atoms with van der Waals surface area (Å²) in [5.74, 6) is 3.65. The molecule has 1 aliphatic rings. The number of nitrogens with zero attached hydrogens (tertiary/aromatic N) is 8. The molecule has 8 nitrogen and oxygen atoms in total. The first-order valence-electron chi connectivity index (χ1n) is 7.59. The highest BCUT2D eigenvalue weighted by Crippen LogP contribution is 2.22. The Balaban J connectivity index is 1.76. The van der Waals surface area contributed by atoms with Gasteiger partial charge < -0.3 is 9.47 Å². The first kappa shape index (κ1) is 13.2. The molecule has 0 saturated heterocycles. The summed E-state index contributed by atoms with van der Waals surface area (Å²) in [5.41, 5.74) is 1.06. The van der Waals surface area contributed by atoms with Gasteiger partial charge in [-0.3, -0.25) is 0 Å². The Bertz CT molecular complexity index is 817. The van der Waals surface area contributed by atoms with Gasteiger partial charge in [0.25, 0.3) is 5.78 Å². The second-order valence-electron chi connectivity index (χ2n) is 5.56. The van der Waals surface area contributed by atoms with Gasteiger partial charge >= 0.3 is 0 Å². The summed E-state index contributed by atoms with van der Waals surface area (Å²) < 4.78 is 3.97. The number of hydrogen-bond donors (Lipinski definition) is 0. The van der Waals surface area contributed by atoms with Crippen LogP contribution in [0.2, 0.25) is 0 Å². The van der Waals surface area contributed by atoms with E-state index in [-0.39, 0.29) is 0 Å². The fourth-order valence-electron chi connectivity index (χ4n) is 2.95. The van der Waals surface area contributed by atoms with Crippen molar-refractivity contribution >= 4 is 11.6 Å². The van der Waals surface area contributed by atoms with Crippen LogP contribution in [-0.4, -0.2) is 40.9 Å². The fraction of sp³-hybridized carbons (Fsp3) is 0.500. The Morgan fingerprint density at radius 1 is 1.23 bits per heavy atom. The molecule has 0 aliphatic carbocycles. The van der Waals surface area contributed by atoms with Crippen molar-refractivity contribution in [2.75, 3.05) is 11.4 Å². The summed E-state index contributed by atoms with van der Waals surface area (Å²) in [6, 6.07) is 2.12. The van der Waals surface area contributed by atoms with E-state index >= 15 is 0 Å². The minimum atomic E-state index is 0.657. The Kier molecular flexibility index (Phi) is 3.02. The van der Waals surface area contributed by atoms with E-state index in [0.29, 0.717) is 5.78 Å². The van der Waals surface area contributed by atoms with Gasteiger partial charge in [0.05, 0.1) is 6.54 Å². The molecule has 0 spiro atoms. The lowest BCUT2D eigenvalue weighted by Gasteiger charge is -2.29. The lowest BCUT2D eigenvalue weighted by Crippen LogP contribution is -2.35. The Morgan fingerprint density at radius 2 is 2.14 bits per heavy atom. The molecule has 0 saturated carbocycles. The maximum absolute atomic E-state index is 4.56. The van der Waals surface area contributed by atoms with Crippen LogP contribution in [0.4, 0.5) is 5.82 Å². The zero-order chi connectivity index (χ0) is 15.1. The van der Waals surface area contributed by atoms with Crippen LogP contribution in [0.15, 0.2) is 12.4 Å². The zero-order valence-corrected chi connectivity index (χ0v) is 12.8. The first-order valence-corrected chi connectivity index (χ1v) is 7.59. The van der Waals surface area contributed by atoms with Gasteiger partial charge in [-0.1, -0.05) is 13.3 Å². The molecule has 0 N–H and O–H groups in total. The van der Waals surface area contributed by atoms with Crippen molar-refractivity contribution in [1.29, 1.82) is 0 Å². The van der Waals surface area contributed by atoms with Crippen molar-refractivity contribution in [2.45, 2.75) is 39.8 Å². The number of hydrogen-bond acceptors (Lipinski definition) is 6. The SMILES string of the molecule is CCCc1cc(N2CCn3c(C)nnc3C2)n2ncnc2n1. The van der Waals surface area contributed by atoms with Gasteiger partial charge in [-0.05, 0) is 13.3 Å². The Hall–Kier alpha value is -2.51. The molecular weight excluding hydrogens is 280 g/mol. The third-order valence-electron chi connectivity index (χ3n) is 4.05. The van der Waals surface area contributed by atoms with Crippen LogP contribution >= 0.6 is 0 Å². The lowest BCUT2D eigenvalue weighted by molar-refractivity contribution is 0.543. The lowest BCUT2D eigenvalue weighted by atomic mass is 10.2. The van der Waals surface area contributed by atoms with Gasteiger partial charge in [-0.15, -0.1) is 10.2 Å². The third kappa shape index (κ3) is 2.02. The summed E-state index contributed by atoms with van der Waals surface area (Å²) in [7, 11) is 0. The fourth-order valence-corrected chi connectivity index (χ4v) is 2.95. The quantitative estimate of drug-likeness (QED) is 0.718. The molecule has 4 heterocycles. The van der Waals surface area contributed by atoms with E-state index < -0.39 is 0 Å². The van der Waals surface area contributed by atoms with Crippen molar-refractivity contribution in [3.63, 3.8) is 0 Å². The number of aromatic nitrogens is 7. The summed E-state index contributed by atoms with van der Waals surface area (Å²) in [4.78, 5) is 11.1. The van der Waals surface area contributed by atoms with Crippen LogP contribution in [0.5, 0.6) is 0 Å². The molecule has 0 unspecified atom stereocenters. The molecule has 22 heavy (non-hydrogen) atoms. The van der Waals surface area contributed by atoms with Crippen LogP contribution in [0.1, 0.15) is 30.7 Å². The topological polar surface area (TPSA) is 77.0 Å². The average molecular weight is 298 g/mol. The van der Waals surface area contributed by atoms with Gasteiger partial charge in [0.1, 0.15) is 18.0 Å². The molecule has 0 radical (unpaired) electrons. The molecule has 8 heteroatoms. The maximum atomic E-state index is 4.56. The number of anilines is 1. The second-order valence-corrected chi connectivity index (χ2v) is 5.56. The summed E-state index contributed by atoms with van der Waals surface area (Å²) in [6.45, 7) is 6.66. The van der Waals surface area contributed by atoms with Gasteiger partial charge in [0.15, 0.2) is 5.82 Å². The number of fused-ring (bicyclic) bond motifs is 2. The Morgan fingerprint density at radius 3 is 3.00 bits per heavy atom. The number of rotatable bonds is 3. The predicted molar refractivity (Wildman–Crippen MR) is 80.6 cm³/mol. The summed E-state index contributed by atoms with van der Waals surface area (Å²) in [6.07, 6.45) is 3.56. The highest BCUT2D eigenvalue weighted by Gasteiger charge is 2.22. The molecule has 0 atom stereocenters. The monoisotopic (exact) mass is 298 g/mol. The molecule has 3 aromatic heterocycles. The molecule has 0 fully saturated rings. The van der Waals surface area contributed by atoms with Crippen molar-refractivity contribution in [3.8, 4) is 0 Å². The van der Waals surface area contributed by atoms with E-state index in [2.05, 4.69) is 47.7 Å². The van der Waals surface area contributed by atoms with E-state index in [4.69, 9.17) is 0 Å². The second kappa shape index (κ2) is 5.04. The summed E-state index contributed by atoms with van der Waals surface area (Å²) >= 11 is 0. The molecule has 0 amide bonds. The molecule has 3 aromatic rings.